The van der Waals surface area contributed by atoms with E-state index in [2.05, 4.69) is 29.7 Å². The minimum atomic E-state index is 0.0300. The maximum absolute atomic E-state index is 11.4. The molecule has 0 spiro atoms. The van der Waals surface area contributed by atoms with Gasteiger partial charge in [-0.15, -0.1) is 11.3 Å². The fraction of sp³-hybridized carbons (Fsp3) is 0.267. The first kappa shape index (κ1) is 13.0. The number of amides is 1. The van der Waals surface area contributed by atoms with Crippen LogP contribution in [0.4, 0.5) is 17.1 Å². The first-order valence-corrected chi connectivity index (χ1v) is 7.51. The molecule has 2 heterocycles. The Morgan fingerprint density at radius 3 is 2.90 bits per heavy atom. The standard InChI is InChI=1S/C15H17N3OS/c1-2-10-3-4-11(20-10)8-17-14-7-13-9(5-12(14)16)6-15(19)18-13/h3-5,7,17H,2,6,8,16H2,1H3,(H,18,19). The maximum atomic E-state index is 11.4. The number of anilines is 3. The molecule has 0 unspecified atom stereocenters. The van der Waals surface area contributed by atoms with Crippen molar-refractivity contribution >= 4 is 34.3 Å². The molecule has 0 aliphatic carbocycles. The molecule has 0 atom stereocenters. The molecule has 3 rings (SSSR count). The summed E-state index contributed by atoms with van der Waals surface area (Å²) in [6, 6.07) is 8.10. The molecule has 1 aromatic heterocycles. The number of nitrogens with one attached hydrogen (secondary N) is 2. The smallest absolute Gasteiger partial charge is 0.228 e. The van der Waals surface area contributed by atoms with Gasteiger partial charge in [-0.25, -0.2) is 0 Å². The third-order valence-corrected chi connectivity index (χ3v) is 4.65. The second-order valence-corrected chi connectivity index (χ2v) is 6.15. The molecule has 0 radical (unpaired) electrons. The maximum Gasteiger partial charge on any atom is 0.228 e. The van der Waals surface area contributed by atoms with Crippen LogP contribution in [-0.4, -0.2) is 5.91 Å². The largest absolute Gasteiger partial charge is 0.397 e. The zero-order valence-electron chi connectivity index (χ0n) is 11.3. The summed E-state index contributed by atoms with van der Waals surface area (Å²) >= 11 is 1.81. The third kappa shape index (κ3) is 2.49. The van der Waals surface area contributed by atoms with Gasteiger partial charge in [-0.2, -0.15) is 0 Å². The summed E-state index contributed by atoms with van der Waals surface area (Å²) in [5, 5.41) is 6.19. The van der Waals surface area contributed by atoms with E-state index in [1.807, 2.05) is 23.5 Å². The lowest BCUT2D eigenvalue weighted by Crippen LogP contribution is -2.04. The number of thiophene rings is 1. The highest BCUT2D eigenvalue weighted by Crippen LogP contribution is 2.32. The first-order valence-electron chi connectivity index (χ1n) is 6.69. The lowest BCUT2D eigenvalue weighted by molar-refractivity contribution is -0.115. The van der Waals surface area contributed by atoms with Crippen LogP contribution in [0.2, 0.25) is 0 Å². The van der Waals surface area contributed by atoms with Gasteiger partial charge in [-0.1, -0.05) is 6.92 Å². The molecule has 0 fully saturated rings. The van der Waals surface area contributed by atoms with Gasteiger partial charge < -0.3 is 16.4 Å². The average Bonchev–Trinajstić information content (AvgIpc) is 3.01. The van der Waals surface area contributed by atoms with Crippen LogP contribution in [0.3, 0.4) is 0 Å². The molecular weight excluding hydrogens is 270 g/mol. The van der Waals surface area contributed by atoms with Gasteiger partial charge in [0.1, 0.15) is 0 Å². The topological polar surface area (TPSA) is 67.1 Å². The molecule has 0 saturated heterocycles. The molecule has 4 nitrogen and oxygen atoms in total. The number of aryl methyl sites for hydroxylation is 1. The number of nitrogen functional groups attached to an aromatic ring is 1. The summed E-state index contributed by atoms with van der Waals surface area (Å²) in [7, 11) is 0. The normalized spacial score (nSPS) is 13.2. The van der Waals surface area contributed by atoms with Crippen molar-refractivity contribution in [3.05, 3.63) is 39.6 Å². The lowest BCUT2D eigenvalue weighted by Gasteiger charge is -2.10. The van der Waals surface area contributed by atoms with Gasteiger partial charge >= 0.3 is 0 Å². The number of fused-ring (bicyclic) bond motifs is 1. The summed E-state index contributed by atoms with van der Waals surface area (Å²) in [4.78, 5) is 14.0. The van der Waals surface area contributed by atoms with Gasteiger partial charge in [-0.3, -0.25) is 4.79 Å². The number of carbonyl (C=O) groups excluding carboxylic acids is 1. The first-order chi connectivity index (χ1) is 9.65. The van der Waals surface area contributed by atoms with Crippen molar-refractivity contribution in [2.75, 3.05) is 16.4 Å². The van der Waals surface area contributed by atoms with Crippen molar-refractivity contribution in [2.45, 2.75) is 26.3 Å². The quantitative estimate of drug-likeness (QED) is 0.757. The van der Waals surface area contributed by atoms with Gasteiger partial charge in [0.25, 0.3) is 0 Å². The zero-order valence-corrected chi connectivity index (χ0v) is 12.1. The van der Waals surface area contributed by atoms with Gasteiger partial charge in [0, 0.05) is 22.0 Å². The molecule has 20 heavy (non-hydrogen) atoms. The van der Waals surface area contributed by atoms with E-state index in [0.717, 1.165) is 29.9 Å². The van der Waals surface area contributed by atoms with E-state index in [1.165, 1.54) is 9.75 Å². The third-order valence-electron chi connectivity index (χ3n) is 3.42. The van der Waals surface area contributed by atoms with E-state index < -0.39 is 0 Å². The summed E-state index contributed by atoms with van der Waals surface area (Å²) in [5.74, 6) is 0.0300. The Hall–Kier alpha value is -2.01. The van der Waals surface area contributed by atoms with Crippen LogP contribution >= 0.6 is 11.3 Å². The van der Waals surface area contributed by atoms with E-state index >= 15 is 0 Å². The van der Waals surface area contributed by atoms with Crippen LogP contribution in [0.15, 0.2) is 24.3 Å². The molecule has 1 aliphatic heterocycles. The SMILES string of the molecule is CCc1ccc(CNc2cc3c(cc2N)CC(=O)N3)s1. The number of nitrogens with two attached hydrogens (primary N) is 1. The number of benzene rings is 1. The fourth-order valence-electron chi connectivity index (χ4n) is 2.34. The summed E-state index contributed by atoms with van der Waals surface area (Å²) < 4.78 is 0. The van der Waals surface area contributed by atoms with Crippen LogP contribution < -0.4 is 16.4 Å². The Morgan fingerprint density at radius 2 is 2.15 bits per heavy atom. The predicted octanol–water partition coefficient (Wildman–Crippen LogP) is 3.00. The highest BCUT2D eigenvalue weighted by atomic mass is 32.1. The summed E-state index contributed by atoms with van der Waals surface area (Å²) in [6.45, 7) is 2.91. The van der Waals surface area contributed by atoms with E-state index in [1.54, 1.807) is 0 Å². The number of hydrogen-bond donors (Lipinski definition) is 3. The van der Waals surface area contributed by atoms with Crippen LogP contribution in [0.1, 0.15) is 22.2 Å². The molecule has 5 heteroatoms. The summed E-state index contributed by atoms with van der Waals surface area (Å²) in [6.07, 6.45) is 1.49. The van der Waals surface area contributed by atoms with Crippen molar-refractivity contribution in [1.82, 2.24) is 0 Å². The van der Waals surface area contributed by atoms with E-state index in [-0.39, 0.29) is 5.91 Å². The number of carbonyl (C=O) groups is 1. The van der Waals surface area contributed by atoms with Crippen molar-refractivity contribution in [3.63, 3.8) is 0 Å². The van der Waals surface area contributed by atoms with Crippen molar-refractivity contribution in [2.24, 2.45) is 0 Å². The van der Waals surface area contributed by atoms with Crippen molar-refractivity contribution in [3.8, 4) is 0 Å². The second kappa shape index (κ2) is 5.17. The Bertz CT molecular complexity index is 663. The van der Waals surface area contributed by atoms with E-state index in [9.17, 15) is 4.79 Å². The fourth-order valence-corrected chi connectivity index (χ4v) is 3.23. The summed E-state index contributed by atoms with van der Waals surface area (Å²) in [5.41, 5.74) is 9.44. The molecule has 0 bridgehead atoms. The predicted molar refractivity (Wildman–Crippen MR) is 84.2 cm³/mol. The zero-order chi connectivity index (χ0) is 14.1. The van der Waals surface area contributed by atoms with Crippen molar-refractivity contribution in [1.29, 1.82) is 0 Å². The van der Waals surface area contributed by atoms with Gasteiger partial charge in [0.15, 0.2) is 0 Å². The van der Waals surface area contributed by atoms with Crippen LogP contribution in [0.5, 0.6) is 0 Å². The van der Waals surface area contributed by atoms with E-state index in [4.69, 9.17) is 5.73 Å². The van der Waals surface area contributed by atoms with E-state index in [0.29, 0.717) is 12.1 Å². The molecule has 1 aliphatic rings. The monoisotopic (exact) mass is 287 g/mol. The molecule has 104 valence electrons. The average molecular weight is 287 g/mol. The van der Waals surface area contributed by atoms with Crippen LogP contribution in [0, 0.1) is 0 Å². The number of rotatable bonds is 4. The van der Waals surface area contributed by atoms with Crippen molar-refractivity contribution < 1.29 is 4.79 Å². The van der Waals surface area contributed by atoms with Crippen LogP contribution in [-0.2, 0) is 24.2 Å². The minimum Gasteiger partial charge on any atom is -0.397 e. The second-order valence-electron chi connectivity index (χ2n) is 4.90. The van der Waals surface area contributed by atoms with Gasteiger partial charge in [-0.05, 0) is 36.2 Å². The Morgan fingerprint density at radius 1 is 1.35 bits per heavy atom. The Labute approximate surface area is 122 Å². The number of hydrogen-bond acceptors (Lipinski definition) is 4. The lowest BCUT2D eigenvalue weighted by atomic mass is 10.1. The highest BCUT2D eigenvalue weighted by Gasteiger charge is 2.19. The molecule has 4 N–H and O–H groups in total. The molecule has 1 aromatic carbocycles. The molecular formula is C15H17N3OS. The van der Waals surface area contributed by atoms with Crippen LogP contribution in [0.25, 0.3) is 0 Å². The molecule has 1 amide bonds. The molecule has 0 saturated carbocycles. The minimum absolute atomic E-state index is 0.0300. The molecule has 2 aromatic rings. The highest BCUT2D eigenvalue weighted by molar-refractivity contribution is 7.12. The van der Waals surface area contributed by atoms with Gasteiger partial charge in [0.2, 0.25) is 5.91 Å². The van der Waals surface area contributed by atoms with Gasteiger partial charge in [0.05, 0.1) is 17.8 Å². The Balaban J connectivity index is 1.74. The Kier molecular flexibility index (Phi) is 3.36.